The molecule has 0 fully saturated rings. The minimum atomic E-state index is -3.43. The molecule has 3 rings (SSSR count). The molecule has 1 aromatic carbocycles. The first-order valence-electron chi connectivity index (χ1n) is 8.70. The van der Waals surface area contributed by atoms with E-state index in [9.17, 15) is 23.1 Å². The average Bonchev–Trinajstić information content (AvgIpc) is 3.12. The van der Waals surface area contributed by atoms with Crippen LogP contribution in [0, 0.1) is 0 Å². The number of carboxylic acid groups (broad SMARTS) is 1. The van der Waals surface area contributed by atoms with E-state index in [-0.39, 0.29) is 22.2 Å². The van der Waals surface area contributed by atoms with E-state index in [1.807, 2.05) is 0 Å². The summed E-state index contributed by atoms with van der Waals surface area (Å²) >= 11 is 12.1. The lowest BCUT2D eigenvalue weighted by Crippen LogP contribution is -2.24. The van der Waals surface area contributed by atoms with Crippen molar-refractivity contribution in [2.75, 3.05) is 6.26 Å². The number of aromatic nitrogens is 3. The van der Waals surface area contributed by atoms with Gasteiger partial charge >= 0.3 is 5.97 Å². The van der Waals surface area contributed by atoms with Crippen LogP contribution < -0.4 is 5.43 Å². The van der Waals surface area contributed by atoms with Gasteiger partial charge in [-0.3, -0.25) is 9.48 Å². The Morgan fingerprint density at radius 3 is 2.43 bits per heavy atom. The molecule has 0 saturated heterocycles. The second-order valence-electron chi connectivity index (χ2n) is 6.55. The van der Waals surface area contributed by atoms with Gasteiger partial charge in [-0.25, -0.2) is 13.2 Å². The molecule has 0 radical (unpaired) electrons. The SMILES string of the molecule is CCn1c(Cn2cc(S(C)(=O)=O)cn2)cc(=O)c(C(=O)O)c1-c1ccc(Cl)c(Cl)c1. The normalized spacial score (nSPS) is 11.6. The average molecular weight is 470 g/mol. The number of aromatic carboxylic acids is 1. The van der Waals surface area contributed by atoms with Crippen LogP contribution in [0.2, 0.25) is 10.0 Å². The molecule has 30 heavy (non-hydrogen) atoms. The third-order valence-corrected chi connectivity index (χ3v) is 6.29. The molecular weight excluding hydrogens is 453 g/mol. The molecule has 0 atom stereocenters. The van der Waals surface area contributed by atoms with Gasteiger partial charge in [0.25, 0.3) is 0 Å². The Morgan fingerprint density at radius 1 is 1.20 bits per heavy atom. The molecule has 0 aliphatic carbocycles. The minimum absolute atomic E-state index is 0.0414. The number of carbonyl (C=O) groups is 1. The predicted octanol–water partition coefficient (Wildman–Crippen LogP) is 3.19. The van der Waals surface area contributed by atoms with E-state index in [0.29, 0.717) is 22.8 Å². The minimum Gasteiger partial charge on any atom is -0.477 e. The summed E-state index contributed by atoms with van der Waals surface area (Å²) in [6.07, 6.45) is 3.64. The van der Waals surface area contributed by atoms with Crippen LogP contribution in [0.4, 0.5) is 0 Å². The second-order valence-corrected chi connectivity index (χ2v) is 9.38. The molecule has 0 spiro atoms. The van der Waals surface area contributed by atoms with Crippen LogP contribution in [0.3, 0.4) is 0 Å². The van der Waals surface area contributed by atoms with Crippen molar-refractivity contribution in [2.24, 2.45) is 0 Å². The lowest BCUT2D eigenvalue weighted by Gasteiger charge is -2.20. The van der Waals surface area contributed by atoms with Crippen molar-refractivity contribution in [3.63, 3.8) is 0 Å². The summed E-state index contributed by atoms with van der Waals surface area (Å²) in [5, 5.41) is 14.2. The monoisotopic (exact) mass is 469 g/mol. The van der Waals surface area contributed by atoms with Gasteiger partial charge in [-0.1, -0.05) is 29.3 Å². The molecule has 2 aromatic heterocycles. The van der Waals surface area contributed by atoms with Gasteiger partial charge in [-0.05, 0) is 19.1 Å². The standard InChI is InChI=1S/C19H17Cl2N3O5S/c1-3-24-12(9-23-10-13(8-22-23)30(2,28)29)7-16(25)17(19(26)27)18(24)11-4-5-14(20)15(21)6-11/h4-8,10H,3,9H2,1-2H3,(H,26,27). The van der Waals surface area contributed by atoms with Crippen LogP contribution in [-0.4, -0.2) is 40.1 Å². The quantitative estimate of drug-likeness (QED) is 0.593. The molecule has 11 heteroatoms. The Balaban J connectivity index is 2.24. The third-order valence-electron chi connectivity index (χ3n) is 4.48. The largest absolute Gasteiger partial charge is 0.477 e. The highest BCUT2D eigenvalue weighted by molar-refractivity contribution is 7.90. The molecule has 3 aromatic rings. The summed E-state index contributed by atoms with van der Waals surface area (Å²) in [5.41, 5.74) is -0.0202. The van der Waals surface area contributed by atoms with Crippen molar-refractivity contribution in [2.45, 2.75) is 24.9 Å². The predicted molar refractivity (Wildman–Crippen MR) is 113 cm³/mol. The fourth-order valence-electron chi connectivity index (χ4n) is 3.13. The first-order chi connectivity index (χ1) is 14.0. The summed E-state index contributed by atoms with van der Waals surface area (Å²) < 4.78 is 26.4. The Bertz CT molecular complexity index is 1310. The van der Waals surface area contributed by atoms with Crippen LogP contribution in [-0.2, 0) is 22.9 Å². The van der Waals surface area contributed by atoms with Crippen LogP contribution >= 0.6 is 23.2 Å². The van der Waals surface area contributed by atoms with Gasteiger partial charge in [-0.2, -0.15) is 5.10 Å². The third kappa shape index (κ3) is 4.28. The van der Waals surface area contributed by atoms with Crippen LogP contribution in [0.25, 0.3) is 11.3 Å². The molecule has 0 bridgehead atoms. The number of rotatable bonds is 6. The van der Waals surface area contributed by atoms with Crippen molar-refractivity contribution >= 4 is 39.0 Å². The Morgan fingerprint density at radius 2 is 1.90 bits per heavy atom. The molecule has 0 aliphatic heterocycles. The van der Waals surface area contributed by atoms with Gasteiger partial charge in [0, 0.05) is 36.3 Å². The number of nitrogens with zero attached hydrogens (tertiary/aromatic N) is 3. The maximum Gasteiger partial charge on any atom is 0.341 e. The molecular formula is C19H17Cl2N3O5S. The van der Waals surface area contributed by atoms with Gasteiger partial charge < -0.3 is 9.67 Å². The highest BCUT2D eigenvalue weighted by atomic mass is 35.5. The molecule has 0 amide bonds. The molecule has 0 unspecified atom stereocenters. The highest BCUT2D eigenvalue weighted by Gasteiger charge is 2.22. The number of carboxylic acids is 1. The van der Waals surface area contributed by atoms with E-state index in [4.69, 9.17) is 23.2 Å². The number of benzene rings is 1. The van der Waals surface area contributed by atoms with Crippen molar-refractivity contribution < 1.29 is 18.3 Å². The molecule has 1 N–H and O–H groups in total. The zero-order valence-electron chi connectivity index (χ0n) is 16.0. The fraction of sp³-hybridized carbons (Fsp3) is 0.211. The number of sulfone groups is 1. The Labute approximate surface area is 182 Å². The maximum absolute atomic E-state index is 12.7. The highest BCUT2D eigenvalue weighted by Crippen LogP contribution is 2.30. The zero-order valence-corrected chi connectivity index (χ0v) is 18.3. The number of pyridine rings is 1. The van der Waals surface area contributed by atoms with Crippen molar-refractivity contribution in [3.05, 3.63) is 68.2 Å². The van der Waals surface area contributed by atoms with Gasteiger partial charge in [0.1, 0.15) is 10.5 Å². The first-order valence-corrected chi connectivity index (χ1v) is 11.4. The summed E-state index contributed by atoms with van der Waals surface area (Å²) in [4.78, 5) is 24.6. The number of hydrogen-bond donors (Lipinski definition) is 1. The summed E-state index contributed by atoms with van der Waals surface area (Å²) in [5.74, 6) is -1.37. The lowest BCUT2D eigenvalue weighted by atomic mass is 10.0. The van der Waals surface area contributed by atoms with E-state index in [0.717, 1.165) is 6.26 Å². The second kappa shape index (κ2) is 8.25. The van der Waals surface area contributed by atoms with Crippen LogP contribution in [0.15, 0.2) is 46.3 Å². The molecule has 0 aliphatic rings. The molecule has 2 heterocycles. The van der Waals surface area contributed by atoms with E-state index < -0.39 is 26.8 Å². The van der Waals surface area contributed by atoms with E-state index in [1.54, 1.807) is 17.6 Å². The smallest absolute Gasteiger partial charge is 0.341 e. The van der Waals surface area contributed by atoms with Gasteiger partial charge in [-0.15, -0.1) is 0 Å². The van der Waals surface area contributed by atoms with E-state index in [1.165, 1.54) is 35.3 Å². The van der Waals surface area contributed by atoms with Crippen LogP contribution in [0.1, 0.15) is 23.0 Å². The fourth-order valence-corrected chi connectivity index (χ4v) is 3.98. The van der Waals surface area contributed by atoms with Gasteiger partial charge in [0.15, 0.2) is 15.3 Å². The first kappa shape index (κ1) is 22.1. The van der Waals surface area contributed by atoms with Gasteiger partial charge in [0.2, 0.25) is 0 Å². The van der Waals surface area contributed by atoms with Crippen LogP contribution in [0.5, 0.6) is 0 Å². The summed E-state index contributed by atoms with van der Waals surface area (Å²) in [6, 6.07) is 5.82. The van der Waals surface area contributed by atoms with E-state index in [2.05, 4.69) is 5.10 Å². The van der Waals surface area contributed by atoms with Crippen molar-refractivity contribution in [3.8, 4) is 11.3 Å². The van der Waals surface area contributed by atoms with Crippen molar-refractivity contribution in [1.82, 2.24) is 14.3 Å². The van der Waals surface area contributed by atoms with Gasteiger partial charge in [0.05, 0.1) is 28.5 Å². The van der Waals surface area contributed by atoms with Crippen molar-refractivity contribution in [1.29, 1.82) is 0 Å². The molecule has 158 valence electrons. The summed E-state index contributed by atoms with van der Waals surface area (Å²) in [7, 11) is -3.43. The Kier molecular flexibility index (Phi) is 6.07. The number of halogens is 2. The Hall–Kier alpha value is -2.62. The zero-order chi connectivity index (χ0) is 22.2. The summed E-state index contributed by atoms with van der Waals surface area (Å²) in [6.45, 7) is 2.20. The van der Waals surface area contributed by atoms with E-state index >= 15 is 0 Å². The molecule has 0 saturated carbocycles. The topological polar surface area (TPSA) is 111 Å². The number of hydrogen-bond acceptors (Lipinski definition) is 5. The maximum atomic E-state index is 12.7. The molecule has 8 nitrogen and oxygen atoms in total. The lowest BCUT2D eigenvalue weighted by molar-refractivity contribution is 0.0695.